The molecule has 1 aliphatic heterocycles. The molecule has 0 saturated carbocycles. The largest absolute Gasteiger partial charge is 0.419 e. The summed E-state index contributed by atoms with van der Waals surface area (Å²) in [5.74, 6) is 0.404. The van der Waals surface area contributed by atoms with E-state index in [2.05, 4.69) is 20.0 Å². The summed E-state index contributed by atoms with van der Waals surface area (Å²) in [5.41, 5.74) is 2.74. The van der Waals surface area contributed by atoms with Crippen molar-refractivity contribution in [1.82, 2.24) is 15.1 Å². The van der Waals surface area contributed by atoms with Gasteiger partial charge in [0.2, 0.25) is 11.8 Å². The van der Waals surface area contributed by atoms with Crippen LogP contribution in [0.25, 0.3) is 11.5 Å². The molecule has 1 aromatic heterocycles. The van der Waals surface area contributed by atoms with Crippen LogP contribution in [0.1, 0.15) is 17.5 Å². The number of halogens is 2. The Bertz CT molecular complexity index is 1150. The van der Waals surface area contributed by atoms with Crippen LogP contribution in [0.4, 0.5) is 14.5 Å². The Morgan fingerprint density at radius 3 is 2.00 bits per heavy atom. The Morgan fingerprint density at radius 2 is 1.34 bits per heavy atom. The molecule has 0 N–H and O–H groups in total. The number of piperazine rings is 1. The van der Waals surface area contributed by atoms with Crippen LogP contribution in [-0.4, -0.2) is 41.3 Å². The lowest BCUT2D eigenvalue weighted by molar-refractivity contribution is 0.188. The molecule has 7 heteroatoms. The normalized spacial score (nSPS) is 15.6. The minimum atomic E-state index is -0.288. The molecule has 1 atom stereocenters. The van der Waals surface area contributed by atoms with Gasteiger partial charge in [0.05, 0.1) is 0 Å². The van der Waals surface area contributed by atoms with Gasteiger partial charge in [0.15, 0.2) is 0 Å². The fourth-order valence-corrected chi connectivity index (χ4v) is 4.09. The van der Waals surface area contributed by atoms with Crippen LogP contribution in [0.2, 0.25) is 0 Å². The summed E-state index contributed by atoms with van der Waals surface area (Å²) in [4.78, 5) is 4.48. The highest BCUT2D eigenvalue weighted by Gasteiger charge is 2.31. The Morgan fingerprint density at radius 1 is 0.719 bits per heavy atom. The van der Waals surface area contributed by atoms with E-state index in [4.69, 9.17) is 4.42 Å². The number of anilines is 1. The molecule has 3 aromatic carbocycles. The zero-order chi connectivity index (χ0) is 21.9. The van der Waals surface area contributed by atoms with Gasteiger partial charge < -0.3 is 9.32 Å². The van der Waals surface area contributed by atoms with Crippen molar-refractivity contribution in [2.24, 2.45) is 0 Å². The lowest BCUT2D eigenvalue weighted by Gasteiger charge is -2.39. The first kappa shape index (κ1) is 20.3. The lowest BCUT2D eigenvalue weighted by atomic mass is 10.0. The van der Waals surface area contributed by atoms with Gasteiger partial charge >= 0.3 is 0 Å². The highest BCUT2D eigenvalue weighted by Crippen LogP contribution is 2.31. The van der Waals surface area contributed by atoms with E-state index in [9.17, 15) is 8.78 Å². The monoisotopic (exact) mass is 432 g/mol. The topological polar surface area (TPSA) is 45.4 Å². The molecule has 0 bridgehead atoms. The number of aromatic nitrogens is 2. The highest BCUT2D eigenvalue weighted by atomic mass is 19.1. The minimum Gasteiger partial charge on any atom is -0.419 e. The number of nitrogens with zero attached hydrogens (tertiary/aromatic N) is 4. The number of hydrogen-bond acceptors (Lipinski definition) is 5. The van der Waals surface area contributed by atoms with Crippen LogP contribution in [-0.2, 0) is 0 Å². The molecule has 1 saturated heterocycles. The Labute approximate surface area is 184 Å². The van der Waals surface area contributed by atoms with Gasteiger partial charge in [-0.15, -0.1) is 10.2 Å². The summed E-state index contributed by atoms with van der Waals surface area (Å²) in [6.45, 7) is 3.01. The first-order chi connectivity index (χ1) is 15.7. The molecule has 32 heavy (non-hydrogen) atoms. The molecule has 4 aromatic rings. The average molecular weight is 432 g/mol. The number of benzene rings is 3. The van der Waals surface area contributed by atoms with Gasteiger partial charge in [0, 0.05) is 37.4 Å². The van der Waals surface area contributed by atoms with E-state index in [1.54, 1.807) is 24.3 Å². The van der Waals surface area contributed by atoms with Crippen molar-refractivity contribution in [3.05, 3.63) is 102 Å². The van der Waals surface area contributed by atoms with Crippen LogP contribution in [0.5, 0.6) is 0 Å². The predicted octanol–water partition coefficient (Wildman–Crippen LogP) is 4.93. The van der Waals surface area contributed by atoms with Crippen molar-refractivity contribution in [3.8, 4) is 11.5 Å². The van der Waals surface area contributed by atoms with E-state index < -0.39 is 0 Å². The molecule has 5 rings (SSSR count). The van der Waals surface area contributed by atoms with Crippen LogP contribution >= 0.6 is 0 Å². The second-order valence-corrected chi connectivity index (χ2v) is 7.76. The summed E-state index contributed by atoms with van der Waals surface area (Å²) in [6, 6.07) is 22.3. The van der Waals surface area contributed by atoms with E-state index in [-0.39, 0.29) is 17.7 Å². The summed E-state index contributed by atoms with van der Waals surface area (Å²) in [5, 5.41) is 8.60. The third kappa shape index (κ3) is 4.24. The molecule has 0 radical (unpaired) electrons. The number of rotatable bonds is 5. The zero-order valence-corrected chi connectivity index (χ0v) is 17.4. The molecule has 1 aliphatic rings. The van der Waals surface area contributed by atoms with E-state index in [1.807, 2.05) is 30.3 Å². The fourth-order valence-electron chi connectivity index (χ4n) is 4.09. The van der Waals surface area contributed by atoms with Crippen molar-refractivity contribution in [3.63, 3.8) is 0 Å². The van der Waals surface area contributed by atoms with Crippen LogP contribution in [0.3, 0.4) is 0 Å². The SMILES string of the molecule is Fc1ccc(C(c2nnc(-c3ccccc3)o2)N2CCN(c3ccc(F)cc3)CC2)cc1. The molecule has 2 heterocycles. The van der Waals surface area contributed by atoms with E-state index in [0.29, 0.717) is 11.8 Å². The van der Waals surface area contributed by atoms with Crippen LogP contribution in [0.15, 0.2) is 83.3 Å². The van der Waals surface area contributed by atoms with Crippen molar-refractivity contribution < 1.29 is 13.2 Å². The smallest absolute Gasteiger partial charge is 0.247 e. The minimum absolute atomic E-state index is 0.241. The third-order valence-corrected chi connectivity index (χ3v) is 5.75. The van der Waals surface area contributed by atoms with Crippen molar-refractivity contribution in [1.29, 1.82) is 0 Å². The molecule has 1 fully saturated rings. The molecule has 0 spiro atoms. The maximum absolute atomic E-state index is 13.6. The van der Waals surface area contributed by atoms with Gasteiger partial charge in [-0.05, 0) is 54.1 Å². The van der Waals surface area contributed by atoms with Gasteiger partial charge in [-0.25, -0.2) is 8.78 Å². The Kier molecular flexibility index (Phi) is 5.64. The van der Waals surface area contributed by atoms with Crippen LogP contribution in [0, 0.1) is 11.6 Å². The molecular weight excluding hydrogens is 410 g/mol. The van der Waals surface area contributed by atoms with Gasteiger partial charge in [0.25, 0.3) is 0 Å². The second-order valence-electron chi connectivity index (χ2n) is 7.76. The second kappa shape index (κ2) is 8.88. The van der Waals surface area contributed by atoms with Gasteiger partial charge in [-0.3, -0.25) is 4.90 Å². The standard InChI is InChI=1S/C25H22F2N4O/c26-20-8-6-18(7-9-20)23(25-29-28-24(32-25)19-4-2-1-3-5-19)31-16-14-30(15-17-31)22-12-10-21(27)11-13-22/h1-13,23H,14-17H2. The van der Waals surface area contributed by atoms with Gasteiger partial charge in [0.1, 0.15) is 17.7 Å². The average Bonchev–Trinajstić information content (AvgIpc) is 3.32. The molecule has 1 unspecified atom stereocenters. The van der Waals surface area contributed by atoms with E-state index in [1.165, 1.54) is 24.3 Å². The van der Waals surface area contributed by atoms with Crippen molar-refractivity contribution in [2.75, 3.05) is 31.1 Å². The summed E-state index contributed by atoms with van der Waals surface area (Å²) in [6.07, 6.45) is 0. The van der Waals surface area contributed by atoms with Crippen LogP contribution < -0.4 is 4.90 Å². The number of hydrogen-bond donors (Lipinski definition) is 0. The zero-order valence-electron chi connectivity index (χ0n) is 17.4. The fraction of sp³-hybridized carbons (Fsp3) is 0.200. The lowest BCUT2D eigenvalue weighted by Crippen LogP contribution is -2.48. The Hall–Kier alpha value is -3.58. The molecule has 162 valence electrons. The summed E-state index contributed by atoms with van der Waals surface area (Å²) < 4.78 is 32.9. The predicted molar refractivity (Wildman–Crippen MR) is 118 cm³/mol. The molecular formula is C25H22F2N4O. The van der Waals surface area contributed by atoms with Crippen molar-refractivity contribution >= 4 is 5.69 Å². The first-order valence-corrected chi connectivity index (χ1v) is 10.6. The molecule has 0 aliphatic carbocycles. The molecule has 0 amide bonds. The molecule has 5 nitrogen and oxygen atoms in total. The van der Waals surface area contributed by atoms with Gasteiger partial charge in [-0.2, -0.15) is 0 Å². The summed E-state index contributed by atoms with van der Waals surface area (Å²) >= 11 is 0. The van der Waals surface area contributed by atoms with Gasteiger partial charge in [-0.1, -0.05) is 30.3 Å². The maximum atomic E-state index is 13.6. The van der Waals surface area contributed by atoms with E-state index >= 15 is 0 Å². The van der Waals surface area contributed by atoms with Crippen molar-refractivity contribution in [2.45, 2.75) is 6.04 Å². The summed E-state index contributed by atoms with van der Waals surface area (Å²) in [7, 11) is 0. The third-order valence-electron chi connectivity index (χ3n) is 5.75. The maximum Gasteiger partial charge on any atom is 0.247 e. The van der Waals surface area contributed by atoms with E-state index in [0.717, 1.165) is 43.0 Å². The highest BCUT2D eigenvalue weighted by molar-refractivity contribution is 5.52. The Balaban J connectivity index is 1.41. The quantitative estimate of drug-likeness (QED) is 0.448. The first-order valence-electron chi connectivity index (χ1n) is 10.6.